The van der Waals surface area contributed by atoms with Gasteiger partial charge in [-0.05, 0) is 52.7 Å². The van der Waals surface area contributed by atoms with Crippen molar-refractivity contribution in [3.8, 4) is 5.75 Å². The Bertz CT molecular complexity index is 647. The zero-order valence-corrected chi connectivity index (χ0v) is 15.0. The van der Waals surface area contributed by atoms with Crippen LogP contribution in [0.15, 0.2) is 53.0 Å². The van der Waals surface area contributed by atoms with E-state index in [1.807, 2.05) is 18.2 Å². The summed E-state index contributed by atoms with van der Waals surface area (Å²) in [5.41, 5.74) is 1.80. The van der Waals surface area contributed by atoms with Crippen LogP contribution in [-0.4, -0.2) is 33.2 Å². The van der Waals surface area contributed by atoms with Crippen LogP contribution in [0.2, 0.25) is 0 Å². The Balaban J connectivity index is 1.78. The number of hydrogen-bond acceptors (Lipinski definition) is 3. The lowest BCUT2D eigenvalue weighted by molar-refractivity contribution is 0.0953. The molecule has 2 rings (SSSR count). The summed E-state index contributed by atoms with van der Waals surface area (Å²) in [5.74, 6) is 0.641. The van der Waals surface area contributed by atoms with Gasteiger partial charge in [0, 0.05) is 31.4 Å². The van der Waals surface area contributed by atoms with Gasteiger partial charge in [-0.3, -0.25) is 4.79 Å². The van der Waals surface area contributed by atoms with Gasteiger partial charge >= 0.3 is 0 Å². The molecular formula is C18H21BrN2O2. The van der Waals surface area contributed by atoms with E-state index in [1.54, 1.807) is 25.3 Å². The highest BCUT2D eigenvalue weighted by Crippen LogP contribution is 2.25. The highest BCUT2D eigenvalue weighted by Gasteiger charge is 2.08. The Labute approximate surface area is 145 Å². The number of ether oxygens (including phenoxy) is 1. The van der Waals surface area contributed by atoms with Gasteiger partial charge in [-0.15, -0.1) is 0 Å². The van der Waals surface area contributed by atoms with Gasteiger partial charge in [0.05, 0.1) is 11.6 Å². The Morgan fingerprint density at radius 3 is 2.61 bits per heavy atom. The molecule has 1 amide bonds. The van der Waals surface area contributed by atoms with E-state index in [0.717, 1.165) is 17.4 Å². The summed E-state index contributed by atoms with van der Waals surface area (Å²) >= 11 is 3.39. The molecule has 1 N–H and O–H groups in total. The first kappa shape index (κ1) is 17.3. The summed E-state index contributed by atoms with van der Waals surface area (Å²) in [6.07, 6.45) is 0.883. The van der Waals surface area contributed by atoms with Crippen LogP contribution < -0.4 is 15.0 Å². The van der Waals surface area contributed by atoms with E-state index in [2.05, 4.69) is 45.3 Å². The molecule has 0 atom stereocenters. The van der Waals surface area contributed by atoms with Crippen molar-refractivity contribution >= 4 is 27.5 Å². The summed E-state index contributed by atoms with van der Waals surface area (Å²) in [6.45, 7) is 1.52. The van der Waals surface area contributed by atoms with E-state index in [4.69, 9.17) is 4.74 Å². The number of benzene rings is 2. The normalized spacial score (nSPS) is 10.2. The lowest BCUT2D eigenvalue weighted by atomic mass is 10.2. The molecule has 0 saturated carbocycles. The molecule has 0 aliphatic carbocycles. The van der Waals surface area contributed by atoms with Crippen molar-refractivity contribution in [1.29, 1.82) is 0 Å². The second kappa shape index (κ2) is 8.58. The van der Waals surface area contributed by atoms with Crippen molar-refractivity contribution < 1.29 is 9.53 Å². The molecule has 0 aliphatic rings. The molecule has 122 valence electrons. The van der Waals surface area contributed by atoms with Crippen LogP contribution in [0, 0.1) is 0 Å². The van der Waals surface area contributed by atoms with Crippen molar-refractivity contribution in [2.24, 2.45) is 0 Å². The number of anilines is 1. The zero-order valence-electron chi connectivity index (χ0n) is 13.4. The van der Waals surface area contributed by atoms with Crippen LogP contribution in [0.5, 0.6) is 5.75 Å². The monoisotopic (exact) mass is 376 g/mol. The van der Waals surface area contributed by atoms with Crippen molar-refractivity contribution in [1.82, 2.24) is 5.32 Å². The molecule has 0 aliphatic heterocycles. The molecule has 0 aromatic heterocycles. The van der Waals surface area contributed by atoms with E-state index >= 15 is 0 Å². The molecule has 0 radical (unpaired) electrons. The number of hydrogen-bond donors (Lipinski definition) is 1. The maximum atomic E-state index is 12.1. The Kier molecular flexibility index (Phi) is 6.47. The van der Waals surface area contributed by atoms with Gasteiger partial charge in [0.25, 0.3) is 5.91 Å². The van der Waals surface area contributed by atoms with Gasteiger partial charge in [0.1, 0.15) is 5.75 Å². The Morgan fingerprint density at radius 2 is 1.96 bits per heavy atom. The van der Waals surface area contributed by atoms with Gasteiger partial charge < -0.3 is 15.0 Å². The van der Waals surface area contributed by atoms with Crippen molar-refractivity contribution in [3.63, 3.8) is 0 Å². The number of halogens is 1. The minimum absolute atomic E-state index is 0.0734. The molecule has 0 spiro atoms. The van der Waals surface area contributed by atoms with Crippen molar-refractivity contribution in [2.45, 2.75) is 6.42 Å². The number of nitrogens with zero attached hydrogens (tertiary/aromatic N) is 1. The summed E-state index contributed by atoms with van der Waals surface area (Å²) in [6, 6.07) is 15.5. The van der Waals surface area contributed by atoms with E-state index in [-0.39, 0.29) is 5.91 Å². The van der Waals surface area contributed by atoms with E-state index in [1.165, 1.54) is 5.69 Å². The third-order valence-electron chi connectivity index (χ3n) is 3.57. The van der Waals surface area contributed by atoms with Crippen LogP contribution in [0.3, 0.4) is 0 Å². The third-order valence-corrected chi connectivity index (χ3v) is 4.19. The highest BCUT2D eigenvalue weighted by molar-refractivity contribution is 9.10. The Hall–Kier alpha value is -2.01. The molecule has 5 heteroatoms. The van der Waals surface area contributed by atoms with Gasteiger partial charge in [-0.1, -0.05) is 18.2 Å². The molecule has 0 fully saturated rings. The number of amides is 1. The first-order valence-corrected chi connectivity index (χ1v) is 8.29. The molecule has 2 aromatic carbocycles. The molecule has 0 heterocycles. The smallest absolute Gasteiger partial charge is 0.251 e. The molecule has 2 aromatic rings. The molecule has 4 nitrogen and oxygen atoms in total. The molecule has 23 heavy (non-hydrogen) atoms. The first-order valence-electron chi connectivity index (χ1n) is 7.49. The lowest BCUT2D eigenvalue weighted by Crippen LogP contribution is -2.28. The summed E-state index contributed by atoms with van der Waals surface area (Å²) < 4.78 is 5.94. The van der Waals surface area contributed by atoms with Gasteiger partial charge in [-0.25, -0.2) is 0 Å². The predicted octanol–water partition coefficient (Wildman–Crippen LogP) is 3.71. The topological polar surface area (TPSA) is 41.6 Å². The Morgan fingerprint density at radius 1 is 1.22 bits per heavy atom. The maximum absolute atomic E-state index is 12.1. The third kappa shape index (κ3) is 4.99. The average molecular weight is 377 g/mol. The van der Waals surface area contributed by atoms with E-state index < -0.39 is 0 Å². The SMILES string of the molecule is COc1ccc(C(=O)NCCCN(C)c2ccccc2)cc1Br. The quantitative estimate of drug-likeness (QED) is 0.748. The van der Waals surface area contributed by atoms with Crippen molar-refractivity contribution in [2.75, 3.05) is 32.1 Å². The minimum atomic E-state index is -0.0734. The molecule has 0 unspecified atom stereocenters. The number of carbonyl (C=O) groups excluding carboxylic acids is 1. The zero-order chi connectivity index (χ0) is 16.7. The van der Waals surface area contributed by atoms with Gasteiger partial charge in [0.2, 0.25) is 0 Å². The number of carbonyl (C=O) groups is 1. The minimum Gasteiger partial charge on any atom is -0.496 e. The first-order chi connectivity index (χ1) is 11.1. The average Bonchev–Trinajstić information content (AvgIpc) is 2.59. The fraction of sp³-hybridized carbons (Fsp3) is 0.278. The molecule has 0 bridgehead atoms. The summed E-state index contributed by atoms with van der Waals surface area (Å²) in [7, 11) is 3.65. The standard InChI is InChI=1S/C18H21BrN2O2/c1-21(15-7-4-3-5-8-15)12-6-11-20-18(22)14-9-10-17(23-2)16(19)13-14/h3-5,7-10,13H,6,11-12H2,1-2H3,(H,20,22). The summed E-state index contributed by atoms with van der Waals surface area (Å²) in [4.78, 5) is 14.3. The van der Waals surface area contributed by atoms with Gasteiger partial charge in [0.15, 0.2) is 0 Å². The number of para-hydroxylation sites is 1. The molecule has 0 saturated heterocycles. The van der Waals surface area contributed by atoms with Crippen LogP contribution in [-0.2, 0) is 0 Å². The predicted molar refractivity (Wildman–Crippen MR) is 97.4 cm³/mol. The fourth-order valence-electron chi connectivity index (χ4n) is 2.24. The fourth-order valence-corrected chi connectivity index (χ4v) is 2.78. The number of rotatable bonds is 7. The maximum Gasteiger partial charge on any atom is 0.251 e. The largest absolute Gasteiger partial charge is 0.496 e. The second-order valence-corrected chi connectivity index (χ2v) is 6.07. The van der Waals surface area contributed by atoms with Gasteiger partial charge in [-0.2, -0.15) is 0 Å². The lowest BCUT2D eigenvalue weighted by Gasteiger charge is -2.19. The van der Waals surface area contributed by atoms with Crippen LogP contribution in [0.1, 0.15) is 16.8 Å². The summed E-state index contributed by atoms with van der Waals surface area (Å²) in [5, 5.41) is 2.94. The van der Waals surface area contributed by atoms with Crippen LogP contribution in [0.4, 0.5) is 5.69 Å². The molecular weight excluding hydrogens is 356 g/mol. The van der Waals surface area contributed by atoms with Crippen LogP contribution >= 0.6 is 15.9 Å². The number of nitrogens with one attached hydrogen (secondary N) is 1. The van der Waals surface area contributed by atoms with E-state index in [0.29, 0.717) is 17.9 Å². The van der Waals surface area contributed by atoms with E-state index in [9.17, 15) is 4.79 Å². The second-order valence-electron chi connectivity index (χ2n) is 5.22. The van der Waals surface area contributed by atoms with Crippen molar-refractivity contribution in [3.05, 3.63) is 58.6 Å². The highest BCUT2D eigenvalue weighted by atomic mass is 79.9. The number of methoxy groups -OCH3 is 1. The van der Waals surface area contributed by atoms with Crippen LogP contribution in [0.25, 0.3) is 0 Å².